The summed E-state index contributed by atoms with van der Waals surface area (Å²) in [4.78, 5) is 13.6. The molecule has 0 spiro atoms. The van der Waals surface area contributed by atoms with Gasteiger partial charge in [-0.15, -0.1) is 11.6 Å². The van der Waals surface area contributed by atoms with Crippen molar-refractivity contribution in [2.75, 3.05) is 32.2 Å². The zero-order chi connectivity index (χ0) is 10.2. The predicted molar refractivity (Wildman–Crippen MR) is 56.6 cm³/mol. The van der Waals surface area contributed by atoms with Crippen molar-refractivity contribution in [2.45, 2.75) is 25.7 Å². The number of amides is 1. The molecule has 0 aliphatic carbocycles. The number of hydrogen-bond acceptors (Lipinski definition) is 2. The Morgan fingerprint density at radius 3 is 2.93 bits per heavy atom. The van der Waals surface area contributed by atoms with E-state index in [1.807, 2.05) is 4.90 Å². The molecule has 1 aliphatic heterocycles. The Kier molecular flexibility index (Phi) is 5.96. The van der Waals surface area contributed by atoms with E-state index in [1.165, 1.54) is 0 Å². The summed E-state index contributed by atoms with van der Waals surface area (Å²) < 4.78 is 5.29. The van der Waals surface area contributed by atoms with Crippen LogP contribution >= 0.6 is 11.6 Å². The molecule has 4 heteroatoms. The Labute approximate surface area is 90.4 Å². The lowest BCUT2D eigenvalue weighted by atomic mass is 10.2. The van der Waals surface area contributed by atoms with E-state index >= 15 is 0 Å². The second-order valence-electron chi connectivity index (χ2n) is 3.49. The summed E-state index contributed by atoms with van der Waals surface area (Å²) in [5.74, 6) is 0.900. The Morgan fingerprint density at radius 2 is 2.14 bits per heavy atom. The minimum atomic E-state index is 0.251. The normalized spacial score (nSPS) is 17.9. The van der Waals surface area contributed by atoms with Crippen LogP contribution in [0.25, 0.3) is 0 Å². The second-order valence-corrected chi connectivity index (χ2v) is 3.87. The third kappa shape index (κ3) is 4.29. The molecular weight excluding hydrogens is 202 g/mol. The highest BCUT2D eigenvalue weighted by Gasteiger charge is 2.14. The summed E-state index contributed by atoms with van der Waals surface area (Å²) >= 11 is 5.55. The van der Waals surface area contributed by atoms with Crippen LogP contribution in [-0.2, 0) is 9.53 Å². The summed E-state index contributed by atoms with van der Waals surface area (Å²) in [6.45, 7) is 3.06. The molecule has 0 aromatic rings. The maximum Gasteiger partial charge on any atom is 0.222 e. The van der Waals surface area contributed by atoms with Crippen molar-refractivity contribution in [3.05, 3.63) is 0 Å². The molecule has 1 saturated heterocycles. The highest BCUT2D eigenvalue weighted by molar-refractivity contribution is 6.17. The summed E-state index contributed by atoms with van der Waals surface area (Å²) in [6.07, 6.45) is 3.42. The number of ether oxygens (including phenoxy) is 1. The van der Waals surface area contributed by atoms with E-state index in [2.05, 4.69) is 0 Å². The van der Waals surface area contributed by atoms with E-state index in [0.29, 0.717) is 18.9 Å². The van der Waals surface area contributed by atoms with E-state index < -0.39 is 0 Å². The molecule has 0 saturated carbocycles. The smallest absolute Gasteiger partial charge is 0.222 e. The first-order chi connectivity index (χ1) is 6.84. The van der Waals surface area contributed by atoms with E-state index in [-0.39, 0.29) is 5.91 Å². The molecule has 14 heavy (non-hydrogen) atoms. The highest BCUT2D eigenvalue weighted by Crippen LogP contribution is 2.05. The van der Waals surface area contributed by atoms with Crippen LogP contribution in [0.5, 0.6) is 0 Å². The van der Waals surface area contributed by atoms with Crippen molar-refractivity contribution in [3.8, 4) is 0 Å². The van der Waals surface area contributed by atoms with Gasteiger partial charge in [0.2, 0.25) is 5.91 Å². The molecule has 1 rings (SSSR count). The van der Waals surface area contributed by atoms with Gasteiger partial charge in [-0.3, -0.25) is 4.79 Å². The molecule has 1 aliphatic rings. The van der Waals surface area contributed by atoms with Crippen molar-refractivity contribution in [2.24, 2.45) is 0 Å². The molecular formula is C10H18ClNO2. The van der Waals surface area contributed by atoms with Crippen molar-refractivity contribution < 1.29 is 9.53 Å². The zero-order valence-corrected chi connectivity index (χ0v) is 9.26. The molecule has 0 atom stereocenters. The Morgan fingerprint density at radius 1 is 1.29 bits per heavy atom. The lowest BCUT2D eigenvalue weighted by molar-refractivity contribution is -0.131. The molecule has 0 aromatic heterocycles. The Bertz CT molecular complexity index is 168. The topological polar surface area (TPSA) is 29.5 Å². The van der Waals surface area contributed by atoms with Gasteiger partial charge < -0.3 is 9.64 Å². The number of alkyl halides is 1. The van der Waals surface area contributed by atoms with Crippen LogP contribution in [-0.4, -0.2) is 43.0 Å². The van der Waals surface area contributed by atoms with Crippen LogP contribution in [0.4, 0.5) is 0 Å². The van der Waals surface area contributed by atoms with Gasteiger partial charge in [-0.2, -0.15) is 0 Å². The number of rotatable bonds is 4. The Balaban J connectivity index is 2.20. The fourth-order valence-corrected chi connectivity index (χ4v) is 1.71. The number of carbonyl (C=O) groups is 1. The van der Waals surface area contributed by atoms with E-state index in [9.17, 15) is 4.79 Å². The molecule has 1 heterocycles. The monoisotopic (exact) mass is 219 g/mol. The van der Waals surface area contributed by atoms with Gasteiger partial charge in [0.25, 0.3) is 0 Å². The van der Waals surface area contributed by atoms with Crippen molar-refractivity contribution in [1.82, 2.24) is 4.90 Å². The summed E-state index contributed by atoms with van der Waals surface area (Å²) in [7, 11) is 0. The third-order valence-electron chi connectivity index (χ3n) is 2.35. The van der Waals surface area contributed by atoms with Crippen LogP contribution in [0.1, 0.15) is 25.7 Å². The van der Waals surface area contributed by atoms with Gasteiger partial charge in [-0.1, -0.05) is 0 Å². The standard InChI is InChI=1S/C10H18ClNO2/c11-5-2-1-4-10(13)12-6-3-8-14-9-7-12/h1-9H2. The number of unbranched alkanes of at least 4 members (excludes halogenated alkanes) is 1. The molecule has 1 fully saturated rings. The molecule has 0 N–H and O–H groups in total. The van der Waals surface area contributed by atoms with Gasteiger partial charge in [0.1, 0.15) is 0 Å². The second kappa shape index (κ2) is 7.07. The van der Waals surface area contributed by atoms with Crippen molar-refractivity contribution >= 4 is 17.5 Å². The van der Waals surface area contributed by atoms with Crippen LogP contribution in [0.3, 0.4) is 0 Å². The number of hydrogen-bond donors (Lipinski definition) is 0. The molecule has 1 amide bonds. The summed E-state index contributed by atoms with van der Waals surface area (Å²) in [5, 5.41) is 0. The van der Waals surface area contributed by atoms with Gasteiger partial charge in [0, 0.05) is 32.0 Å². The molecule has 0 unspecified atom stereocenters. The SMILES string of the molecule is O=C(CCCCCl)N1CCCOCC1. The molecule has 0 radical (unpaired) electrons. The minimum Gasteiger partial charge on any atom is -0.380 e. The molecule has 0 bridgehead atoms. The maximum atomic E-state index is 11.7. The van der Waals surface area contributed by atoms with Gasteiger partial charge in [-0.25, -0.2) is 0 Å². The van der Waals surface area contributed by atoms with Crippen LogP contribution < -0.4 is 0 Å². The van der Waals surface area contributed by atoms with E-state index in [0.717, 1.165) is 39.0 Å². The summed E-state index contributed by atoms with van der Waals surface area (Å²) in [6, 6.07) is 0. The van der Waals surface area contributed by atoms with Gasteiger partial charge in [0.15, 0.2) is 0 Å². The molecule has 0 aromatic carbocycles. The van der Waals surface area contributed by atoms with E-state index in [4.69, 9.17) is 16.3 Å². The first-order valence-corrected chi connectivity index (χ1v) is 5.79. The lowest BCUT2D eigenvalue weighted by Crippen LogP contribution is -2.32. The fraction of sp³-hybridized carbons (Fsp3) is 0.900. The zero-order valence-electron chi connectivity index (χ0n) is 8.51. The van der Waals surface area contributed by atoms with Gasteiger partial charge in [0.05, 0.1) is 6.61 Å². The minimum absolute atomic E-state index is 0.251. The quantitative estimate of drug-likeness (QED) is 0.532. The van der Waals surface area contributed by atoms with E-state index in [1.54, 1.807) is 0 Å². The highest BCUT2D eigenvalue weighted by atomic mass is 35.5. The number of nitrogens with zero attached hydrogens (tertiary/aromatic N) is 1. The average Bonchev–Trinajstić information content (AvgIpc) is 2.46. The average molecular weight is 220 g/mol. The van der Waals surface area contributed by atoms with Crippen LogP contribution in [0.2, 0.25) is 0 Å². The predicted octanol–water partition coefficient (Wildman–Crippen LogP) is 1.64. The first kappa shape index (κ1) is 11.8. The largest absolute Gasteiger partial charge is 0.380 e. The molecule has 82 valence electrons. The molecule has 3 nitrogen and oxygen atoms in total. The number of halogens is 1. The van der Waals surface area contributed by atoms with Gasteiger partial charge >= 0.3 is 0 Å². The van der Waals surface area contributed by atoms with Gasteiger partial charge in [-0.05, 0) is 19.3 Å². The fourth-order valence-electron chi connectivity index (χ4n) is 1.52. The third-order valence-corrected chi connectivity index (χ3v) is 2.62. The van der Waals surface area contributed by atoms with Crippen LogP contribution in [0, 0.1) is 0 Å². The number of carbonyl (C=O) groups excluding carboxylic acids is 1. The maximum absolute atomic E-state index is 11.7. The van der Waals surface area contributed by atoms with Crippen molar-refractivity contribution in [3.63, 3.8) is 0 Å². The first-order valence-electron chi connectivity index (χ1n) is 5.26. The van der Waals surface area contributed by atoms with Crippen LogP contribution in [0.15, 0.2) is 0 Å². The summed E-state index contributed by atoms with van der Waals surface area (Å²) in [5.41, 5.74) is 0. The lowest BCUT2D eigenvalue weighted by Gasteiger charge is -2.19. The van der Waals surface area contributed by atoms with Crippen molar-refractivity contribution in [1.29, 1.82) is 0 Å². The Hall–Kier alpha value is -0.280.